The van der Waals surface area contributed by atoms with E-state index in [-0.39, 0.29) is 17.5 Å². The standard InChI is InChI=1S/C21H20O4/c1-13-5-7-14(8-6-13)11-18-19(22)16-10-9-15(12-17(16)25-18)24-20(23)21(2,3)4/h5-12H,1-4H3. The van der Waals surface area contributed by atoms with Crippen LogP contribution in [0, 0.1) is 12.3 Å². The number of benzene rings is 2. The number of ether oxygens (including phenoxy) is 2. The molecule has 0 radical (unpaired) electrons. The van der Waals surface area contributed by atoms with Crippen molar-refractivity contribution in [3.63, 3.8) is 0 Å². The van der Waals surface area contributed by atoms with Crippen LogP contribution in [0.25, 0.3) is 6.08 Å². The van der Waals surface area contributed by atoms with Gasteiger partial charge in [-0.3, -0.25) is 9.59 Å². The molecular weight excluding hydrogens is 316 g/mol. The van der Waals surface area contributed by atoms with Crippen molar-refractivity contribution in [3.8, 4) is 11.5 Å². The predicted octanol–water partition coefficient (Wildman–Crippen LogP) is 4.56. The van der Waals surface area contributed by atoms with Crippen LogP contribution in [0.5, 0.6) is 11.5 Å². The van der Waals surface area contributed by atoms with Crippen LogP contribution in [0.15, 0.2) is 48.2 Å². The maximum absolute atomic E-state index is 12.5. The Kier molecular flexibility index (Phi) is 4.21. The molecule has 0 unspecified atom stereocenters. The minimum atomic E-state index is -0.605. The van der Waals surface area contributed by atoms with Gasteiger partial charge in [-0.1, -0.05) is 29.8 Å². The summed E-state index contributed by atoms with van der Waals surface area (Å²) in [4.78, 5) is 24.4. The number of hydrogen-bond donors (Lipinski definition) is 0. The first-order valence-electron chi connectivity index (χ1n) is 8.11. The lowest BCUT2D eigenvalue weighted by Crippen LogP contribution is -2.25. The molecule has 1 heterocycles. The van der Waals surface area contributed by atoms with Gasteiger partial charge in [0, 0.05) is 6.07 Å². The topological polar surface area (TPSA) is 52.6 Å². The summed E-state index contributed by atoms with van der Waals surface area (Å²) in [6.45, 7) is 7.35. The molecule has 0 atom stereocenters. The van der Waals surface area contributed by atoms with Gasteiger partial charge in [0.15, 0.2) is 5.76 Å². The average Bonchev–Trinajstić information content (AvgIpc) is 2.84. The lowest BCUT2D eigenvalue weighted by atomic mass is 9.97. The quantitative estimate of drug-likeness (QED) is 0.458. The maximum Gasteiger partial charge on any atom is 0.316 e. The molecule has 1 aliphatic heterocycles. The van der Waals surface area contributed by atoms with Crippen molar-refractivity contribution >= 4 is 17.8 Å². The Morgan fingerprint density at radius 2 is 1.76 bits per heavy atom. The molecule has 25 heavy (non-hydrogen) atoms. The molecule has 2 aromatic carbocycles. The molecule has 0 saturated heterocycles. The predicted molar refractivity (Wildman–Crippen MR) is 95.6 cm³/mol. The molecular formula is C21H20O4. The molecule has 0 saturated carbocycles. The summed E-state index contributed by atoms with van der Waals surface area (Å²) in [5.41, 5.74) is 1.90. The molecule has 0 bridgehead atoms. The number of hydrogen-bond acceptors (Lipinski definition) is 4. The third kappa shape index (κ3) is 3.63. The van der Waals surface area contributed by atoms with E-state index in [9.17, 15) is 9.59 Å². The van der Waals surface area contributed by atoms with Crippen LogP contribution in [-0.2, 0) is 4.79 Å². The highest BCUT2D eigenvalue weighted by Crippen LogP contribution is 2.35. The number of carbonyl (C=O) groups is 2. The van der Waals surface area contributed by atoms with Crippen molar-refractivity contribution in [2.75, 3.05) is 0 Å². The van der Waals surface area contributed by atoms with E-state index >= 15 is 0 Å². The van der Waals surface area contributed by atoms with Gasteiger partial charge in [-0.15, -0.1) is 0 Å². The van der Waals surface area contributed by atoms with Gasteiger partial charge in [0.2, 0.25) is 5.78 Å². The van der Waals surface area contributed by atoms with Crippen LogP contribution in [0.4, 0.5) is 0 Å². The summed E-state index contributed by atoms with van der Waals surface area (Å²) < 4.78 is 11.0. The van der Waals surface area contributed by atoms with Gasteiger partial charge in [-0.25, -0.2) is 0 Å². The van der Waals surface area contributed by atoms with E-state index in [2.05, 4.69) is 0 Å². The number of fused-ring (bicyclic) bond motifs is 1. The van der Waals surface area contributed by atoms with Crippen molar-refractivity contribution < 1.29 is 19.1 Å². The zero-order valence-corrected chi connectivity index (χ0v) is 14.8. The second-order valence-corrected chi connectivity index (χ2v) is 7.15. The van der Waals surface area contributed by atoms with Gasteiger partial charge >= 0.3 is 5.97 Å². The number of Topliss-reactive ketones (excluding diaryl/α,β-unsaturated/α-hetero) is 1. The fraction of sp³-hybridized carbons (Fsp3) is 0.238. The van der Waals surface area contributed by atoms with E-state index in [0.29, 0.717) is 17.1 Å². The SMILES string of the molecule is Cc1ccc(C=C2Oc3cc(OC(=O)C(C)(C)C)ccc3C2=O)cc1. The fourth-order valence-electron chi connectivity index (χ4n) is 2.30. The molecule has 4 heteroatoms. The van der Waals surface area contributed by atoms with Gasteiger partial charge in [0.05, 0.1) is 11.0 Å². The highest BCUT2D eigenvalue weighted by Gasteiger charge is 2.29. The van der Waals surface area contributed by atoms with E-state index in [1.54, 1.807) is 45.0 Å². The highest BCUT2D eigenvalue weighted by atomic mass is 16.5. The fourth-order valence-corrected chi connectivity index (χ4v) is 2.30. The number of aryl methyl sites for hydroxylation is 1. The largest absolute Gasteiger partial charge is 0.452 e. The summed E-state index contributed by atoms with van der Waals surface area (Å²) >= 11 is 0. The number of rotatable bonds is 2. The molecule has 0 aliphatic carbocycles. The Labute approximate surface area is 147 Å². The maximum atomic E-state index is 12.5. The smallest absolute Gasteiger partial charge is 0.316 e. The van der Waals surface area contributed by atoms with Gasteiger partial charge < -0.3 is 9.47 Å². The molecule has 0 N–H and O–H groups in total. The summed E-state index contributed by atoms with van der Waals surface area (Å²) in [5.74, 6) is 0.514. The Hall–Kier alpha value is -2.88. The zero-order chi connectivity index (χ0) is 18.2. The summed E-state index contributed by atoms with van der Waals surface area (Å²) in [6, 6.07) is 12.6. The molecule has 0 spiro atoms. The zero-order valence-electron chi connectivity index (χ0n) is 14.8. The van der Waals surface area contributed by atoms with E-state index in [1.807, 2.05) is 31.2 Å². The monoisotopic (exact) mass is 336 g/mol. The molecule has 3 rings (SSSR count). The van der Waals surface area contributed by atoms with E-state index in [0.717, 1.165) is 11.1 Å². The van der Waals surface area contributed by atoms with Crippen molar-refractivity contribution in [2.45, 2.75) is 27.7 Å². The van der Waals surface area contributed by atoms with Crippen LogP contribution in [0.3, 0.4) is 0 Å². The molecule has 128 valence electrons. The van der Waals surface area contributed by atoms with Crippen LogP contribution in [0.1, 0.15) is 42.3 Å². The minimum Gasteiger partial charge on any atom is -0.452 e. The average molecular weight is 336 g/mol. The molecule has 2 aromatic rings. The molecule has 4 nitrogen and oxygen atoms in total. The van der Waals surface area contributed by atoms with Gasteiger partial charge in [-0.05, 0) is 51.5 Å². The third-order valence-electron chi connectivity index (χ3n) is 3.84. The first-order valence-corrected chi connectivity index (χ1v) is 8.11. The van der Waals surface area contributed by atoms with E-state index in [1.165, 1.54) is 0 Å². The van der Waals surface area contributed by atoms with Crippen LogP contribution in [0.2, 0.25) is 0 Å². The summed E-state index contributed by atoms with van der Waals surface area (Å²) in [5, 5.41) is 0. The molecule has 0 fully saturated rings. The summed E-state index contributed by atoms with van der Waals surface area (Å²) in [7, 11) is 0. The van der Waals surface area contributed by atoms with E-state index in [4.69, 9.17) is 9.47 Å². The third-order valence-corrected chi connectivity index (χ3v) is 3.84. The normalized spacial score (nSPS) is 15.0. The van der Waals surface area contributed by atoms with Crippen molar-refractivity contribution in [1.82, 2.24) is 0 Å². The van der Waals surface area contributed by atoms with Crippen molar-refractivity contribution in [3.05, 3.63) is 64.9 Å². The van der Waals surface area contributed by atoms with Crippen LogP contribution < -0.4 is 9.47 Å². The molecule has 1 aliphatic rings. The lowest BCUT2D eigenvalue weighted by Gasteiger charge is -2.16. The Bertz CT molecular complexity index is 868. The number of ketones is 1. The van der Waals surface area contributed by atoms with Crippen LogP contribution in [-0.4, -0.2) is 11.8 Å². The molecule has 0 amide bonds. The Morgan fingerprint density at radius 1 is 1.08 bits per heavy atom. The number of carbonyl (C=O) groups excluding carboxylic acids is 2. The van der Waals surface area contributed by atoms with Gasteiger partial charge in [0.1, 0.15) is 11.5 Å². The summed E-state index contributed by atoms with van der Waals surface area (Å²) in [6.07, 6.45) is 1.71. The van der Waals surface area contributed by atoms with Crippen molar-refractivity contribution in [2.24, 2.45) is 5.41 Å². The first kappa shape index (κ1) is 17.0. The van der Waals surface area contributed by atoms with Gasteiger partial charge in [0.25, 0.3) is 0 Å². The lowest BCUT2D eigenvalue weighted by molar-refractivity contribution is -0.143. The number of esters is 1. The second kappa shape index (κ2) is 6.20. The first-order chi connectivity index (χ1) is 11.7. The number of allylic oxidation sites excluding steroid dienone is 1. The second-order valence-electron chi connectivity index (χ2n) is 7.15. The minimum absolute atomic E-state index is 0.177. The van der Waals surface area contributed by atoms with Crippen LogP contribution >= 0.6 is 0 Å². The van der Waals surface area contributed by atoms with Crippen molar-refractivity contribution in [1.29, 1.82) is 0 Å². The highest BCUT2D eigenvalue weighted by molar-refractivity contribution is 6.14. The Morgan fingerprint density at radius 3 is 2.40 bits per heavy atom. The molecule has 0 aromatic heterocycles. The van der Waals surface area contributed by atoms with E-state index < -0.39 is 5.41 Å². The van der Waals surface area contributed by atoms with Gasteiger partial charge in [-0.2, -0.15) is 0 Å². The Balaban J connectivity index is 1.84.